The van der Waals surface area contributed by atoms with Crippen LogP contribution in [0, 0.1) is 5.41 Å². The fourth-order valence-electron chi connectivity index (χ4n) is 6.01. The lowest BCUT2D eigenvalue weighted by Gasteiger charge is -2.35. The van der Waals surface area contributed by atoms with E-state index >= 15 is 0 Å². The van der Waals surface area contributed by atoms with Crippen LogP contribution in [0.4, 0.5) is 15.3 Å². The summed E-state index contributed by atoms with van der Waals surface area (Å²) in [6.07, 6.45) is 2.70. The van der Waals surface area contributed by atoms with Crippen molar-refractivity contribution < 1.29 is 42.9 Å². The molecule has 0 saturated carbocycles. The summed E-state index contributed by atoms with van der Waals surface area (Å²) in [5.74, 6) is 0.595. The average molecular weight is 755 g/mol. The van der Waals surface area contributed by atoms with Crippen LogP contribution in [-0.2, 0) is 30.2 Å². The first-order chi connectivity index (χ1) is 25.6. The fourth-order valence-corrected chi connectivity index (χ4v) is 6.01. The van der Waals surface area contributed by atoms with Gasteiger partial charge in [0, 0.05) is 12.2 Å². The summed E-state index contributed by atoms with van der Waals surface area (Å²) in [5, 5.41) is 5.56. The zero-order valence-corrected chi connectivity index (χ0v) is 33.5. The molecular weight excluding hydrogens is 692 g/mol. The number of hydrogen-bond donors (Lipinski definition) is 3. The molecule has 54 heavy (non-hydrogen) atoms. The van der Waals surface area contributed by atoms with Crippen molar-refractivity contribution >= 4 is 29.6 Å². The van der Waals surface area contributed by atoms with Crippen LogP contribution in [0.25, 0.3) is 0 Å². The van der Waals surface area contributed by atoms with Gasteiger partial charge < -0.3 is 40.1 Å². The van der Waals surface area contributed by atoms with Crippen LogP contribution < -0.4 is 25.8 Å². The standard InChI is InChI=1S/C41H62N4O9/c1-9-41(5,6)27-52-26-33(46)32-17-10-11-23-45(32)39(49)53-34(20-18-28-19-21-35(50-7)36(24-28)51-8)29-14-12-15-30(25-29)43-37(47)31(16-13-22-42)44-38(48)54-40(2,3)4/h12,14-15,19,21,24-25,31-32,34H,9-11,13,16-18,20,22-23,26-27,42H2,1-8H3,(H,43,47)(H,44,48). The van der Waals surface area contributed by atoms with Gasteiger partial charge in [0.1, 0.15) is 24.4 Å². The minimum absolute atomic E-state index is 0.0550. The zero-order chi connectivity index (χ0) is 39.9. The number of amides is 3. The highest BCUT2D eigenvalue weighted by atomic mass is 16.6. The highest BCUT2D eigenvalue weighted by Gasteiger charge is 2.35. The first kappa shape index (κ1) is 44.0. The van der Waals surface area contributed by atoms with Crippen molar-refractivity contribution in [1.82, 2.24) is 10.2 Å². The molecular formula is C41H62N4O9. The lowest BCUT2D eigenvalue weighted by atomic mass is 9.92. The lowest BCUT2D eigenvalue weighted by molar-refractivity contribution is -0.130. The van der Waals surface area contributed by atoms with Crippen LogP contribution in [0.2, 0.25) is 0 Å². The fraction of sp³-hybridized carbons (Fsp3) is 0.610. The van der Waals surface area contributed by atoms with Gasteiger partial charge in [-0.25, -0.2) is 9.59 Å². The van der Waals surface area contributed by atoms with E-state index < -0.39 is 41.9 Å². The molecule has 0 bridgehead atoms. The summed E-state index contributed by atoms with van der Waals surface area (Å²) < 4.78 is 28.3. The van der Waals surface area contributed by atoms with E-state index in [1.54, 1.807) is 53.2 Å². The van der Waals surface area contributed by atoms with Gasteiger partial charge in [-0.05, 0) is 119 Å². The maximum atomic E-state index is 14.0. The van der Waals surface area contributed by atoms with Gasteiger partial charge in [0.2, 0.25) is 5.91 Å². The third kappa shape index (κ3) is 14.1. The normalized spacial score (nSPS) is 15.8. The SMILES string of the molecule is CCC(C)(C)COCC(=O)C1CCCCN1C(=O)OC(CCc1ccc(OC)c(OC)c1)c1cccc(NC(=O)C(CCCN)NC(=O)OC(C)(C)C)c1. The number of Topliss-reactive ketones (excluding diaryl/α,β-unsaturated/α-hetero) is 1. The summed E-state index contributed by atoms with van der Waals surface area (Å²) in [6, 6.07) is 11.2. The predicted molar refractivity (Wildman–Crippen MR) is 208 cm³/mol. The molecule has 0 aromatic heterocycles. The molecule has 13 nitrogen and oxygen atoms in total. The Morgan fingerprint density at radius 2 is 1.70 bits per heavy atom. The van der Waals surface area contributed by atoms with Crippen LogP contribution in [0.15, 0.2) is 42.5 Å². The number of rotatable bonds is 19. The zero-order valence-electron chi connectivity index (χ0n) is 33.5. The van der Waals surface area contributed by atoms with E-state index in [1.807, 2.05) is 24.3 Å². The van der Waals surface area contributed by atoms with Crippen molar-refractivity contribution in [2.75, 3.05) is 45.8 Å². The number of alkyl carbamates (subject to hydrolysis) is 1. The monoisotopic (exact) mass is 754 g/mol. The van der Waals surface area contributed by atoms with Crippen molar-refractivity contribution in [1.29, 1.82) is 0 Å². The minimum Gasteiger partial charge on any atom is -0.493 e. The molecule has 3 rings (SSSR count). The van der Waals surface area contributed by atoms with E-state index in [0.29, 0.717) is 74.6 Å². The van der Waals surface area contributed by atoms with Gasteiger partial charge >= 0.3 is 12.2 Å². The molecule has 1 aliphatic heterocycles. The number of likely N-dealkylation sites (tertiary alicyclic amines) is 1. The second kappa shape index (κ2) is 20.9. The van der Waals surface area contributed by atoms with Crippen molar-refractivity contribution in [3.05, 3.63) is 53.6 Å². The first-order valence-corrected chi connectivity index (χ1v) is 19.0. The Bertz CT molecular complexity index is 1540. The summed E-state index contributed by atoms with van der Waals surface area (Å²) in [6.45, 7) is 12.6. The van der Waals surface area contributed by atoms with Crippen LogP contribution >= 0.6 is 0 Å². The van der Waals surface area contributed by atoms with Crippen LogP contribution in [0.1, 0.15) is 104 Å². The van der Waals surface area contributed by atoms with Crippen molar-refractivity contribution in [2.45, 2.75) is 117 Å². The Kier molecular flexibility index (Phi) is 17.1. The maximum Gasteiger partial charge on any atom is 0.410 e. The molecule has 0 aliphatic carbocycles. The molecule has 3 atom stereocenters. The van der Waals surface area contributed by atoms with Gasteiger partial charge in [-0.2, -0.15) is 0 Å². The number of nitrogens with one attached hydrogen (secondary N) is 2. The minimum atomic E-state index is -0.892. The van der Waals surface area contributed by atoms with Gasteiger partial charge in [-0.15, -0.1) is 0 Å². The Labute approximate surface area is 320 Å². The van der Waals surface area contributed by atoms with E-state index in [9.17, 15) is 19.2 Å². The molecule has 300 valence electrons. The van der Waals surface area contributed by atoms with Crippen LogP contribution in [0.3, 0.4) is 0 Å². The average Bonchev–Trinajstić information content (AvgIpc) is 3.13. The second-order valence-electron chi connectivity index (χ2n) is 15.5. The summed E-state index contributed by atoms with van der Waals surface area (Å²) in [4.78, 5) is 54.9. The highest BCUT2D eigenvalue weighted by molar-refractivity contribution is 5.96. The third-order valence-electron chi connectivity index (χ3n) is 9.42. The van der Waals surface area contributed by atoms with Crippen LogP contribution in [-0.4, -0.2) is 87.0 Å². The molecule has 1 aliphatic rings. The van der Waals surface area contributed by atoms with Gasteiger partial charge in [0.05, 0.1) is 26.9 Å². The maximum absolute atomic E-state index is 14.0. The molecule has 1 fully saturated rings. The molecule has 0 spiro atoms. The van der Waals surface area contributed by atoms with Gasteiger partial charge in [0.25, 0.3) is 0 Å². The Hall–Kier alpha value is -4.36. The molecule has 1 saturated heterocycles. The number of nitrogens with zero attached hydrogens (tertiary/aromatic N) is 1. The molecule has 2 aromatic rings. The van der Waals surface area contributed by atoms with Gasteiger partial charge in [0.15, 0.2) is 17.3 Å². The number of piperidine rings is 1. The number of aryl methyl sites for hydroxylation is 1. The van der Waals surface area contributed by atoms with Crippen molar-refractivity contribution in [3.8, 4) is 11.5 Å². The summed E-state index contributed by atoms with van der Waals surface area (Å²) in [5.41, 5.74) is 6.96. The Morgan fingerprint density at radius 3 is 2.37 bits per heavy atom. The van der Waals surface area contributed by atoms with Gasteiger partial charge in [-0.3, -0.25) is 14.5 Å². The van der Waals surface area contributed by atoms with E-state index in [2.05, 4.69) is 31.4 Å². The number of benzene rings is 2. The quantitative estimate of drug-likeness (QED) is 0.136. The number of carbonyl (C=O) groups is 4. The van der Waals surface area contributed by atoms with E-state index in [1.165, 1.54) is 4.90 Å². The number of carbonyl (C=O) groups excluding carboxylic acids is 4. The van der Waals surface area contributed by atoms with E-state index in [-0.39, 0.29) is 17.8 Å². The largest absolute Gasteiger partial charge is 0.493 e. The van der Waals surface area contributed by atoms with E-state index in [0.717, 1.165) is 24.8 Å². The number of nitrogens with two attached hydrogens (primary N) is 1. The van der Waals surface area contributed by atoms with Crippen LogP contribution in [0.5, 0.6) is 11.5 Å². The number of anilines is 1. The summed E-state index contributed by atoms with van der Waals surface area (Å²) in [7, 11) is 3.14. The summed E-state index contributed by atoms with van der Waals surface area (Å²) >= 11 is 0. The first-order valence-electron chi connectivity index (χ1n) is 19.0. The van der Waals surface area contributed by atoms with Crippen molar-refractivity contribution in [3.63, 3.8) is 0 Å². The Morgan fingerprint density at radius 1 is 0.963 bits per heavy atom. The molecule has 4 N–H and O–H groups in total. The number of ether oxygens (including phenoxy) is 5. The van der Waals surface area contributed by atoms with Gasteiger partial charge in [-0.1, -0.05) is 39.0 Å². The number of hydrogen-bond acceptors (Lipinski definition) is 10. The highest BCUT2D eigenvalue weighted by Crippen LogP contribution is 2.32. The molecule has 13 heteroatoms. The van der Waals surface area contributed by atoms with Crippen molar-refractivity contribution in [2.24, 2.45) is 11.1 Å². The smallest absolute Gasteiger partial charge is 0.410 e. The third-order valence-corrected chi connectivity index (χ3v) is 9.42. The molecule has 0 radical (unpaired) electrons. The predicted octanol–water partition coefficient (Wildman–Crippen LogP) is 6.96. The Balaban J connectivity index is 1.86. The molecule has 3 unspecified atom stereocenters. The second-order valence-corrected chi connectivity index (χ2v) is 15.5. The number of ketones is 1. The van der Waals surface area contributed by atoms with E-state index in [4.69, 9.17) is 29.4 Å². The molecule has 3 amide bonds. The molecule has 1 heterocycles. The molecule has 2 aromatic carbocycles. The number of methoxy groups -OCH3 is 2. The topological polar surface area (TPSA) is 168 Å². The lowest BCUT2D eigenvalue weighted by Crippen LogP contribution is -2.49.